The van der Waals surface area contributed by atoms with Crippen molar-refractivity contribution in [2.45, 2.75) is 20.3 Å². The Morgan fingerprint density at radius 3 is 2.68 bits per heavy atom. The number of carbonyl (C=O) groups excluding carboxylic acids is 1. The predicted molar refractivity (Wildman–Crippen MR) is 83.0 cm³/mol. The van der Waals surface area contributed by atoms with Gasteiger partial charge in [-0.1, -0.05) is 6.92 Å². The van der Waals surface area contributed by atoms with E-state index in [9.17, 15) is 4.79 Å². The van der Waals surface area contributed by atoms with Crippen LogP contribution >= 0.6 is 0 Å². The van der Waals surface area contributed by atoms with E-state index in [1.54, 1.807) is 4.52 Å². The number of amides is 2. The van der Waals surface area contributed by atoms with Crippen molar-refractivity contribution in [3.8, 4) is 0 Å². The number of hydrogen-bond donors (Lipinski definition) is 1. The second-order valence-electron chi connectivity index (χ2n) is 5.26. The second-order valence-corrected chi connectivity index (χ2v) is 5.26. The highest BCUT2D eigenvalue weighted by Crippen LogP contribution is 2.17. The zero-order chi connectivity index (χ0) is 15.5. The fourth-order valence-electron chi connectivity index (χ4n) is 2.65. The number of hydrogen-bond acceptors (Lipinski definition) is 5. The van der Waals surface area contributed by atoms with Gasteiger partial charge in [0.2, 0.25) is 0 Å². The van der Waals surface area contributed by atoms with Crippen molar-refractivity contribution >= 4 is 17.4 Å². The lowest BCUT2D eigenvalue weighted by atomic mass is 10.3. The van der Waals surface area contributed by atoms with Gasteiger partial charge in [-0.05, 0) is 6.92 Å². The molecule has 0 atom stereocenters. The first-order chi connectivity index (χ1) is 10.7. The Kier molecular flexibility index (Phi) is 4.08. The number of nitrogens with one attached hydrogen (secondary N) is 1. The number of rotatable bonds is 3. The van der Waals surface area contributed by atoms with E-state index < -0.39 is 0 Å². The number of aromatic nitrogens is 4. The molecule has 0 aliphatic carbocycles. The Morgan fingerprint density at radius 1 is 1.23 bits per heavy atom. The van der Waals surface area contributed by atoms with Crippen LogP contribution in [0.2, 0.25) is 0 Å². The lowest BCUT2D eigenvalue weighted by molar-refractivity contribution is 0.195. The molecular weight excluding hydrogens is 282 g/mol. The van der Waals surface area contributed by atoms with Gasteiger partial charge in [-0.2, -0.15) is 9.61 Å². The van der Waals surface area contributed by atoms with Gasteiger partial charge in [0.25, 0.3) is 0 Å². The Bertz CT molecular complexity index is 660. The van der Waals surface area contributed by atoms with Crippen LogP contribution in [0.5, 0.6) is 0 Å². The highest BCUT2D eigenvalue weighted by atomic mass is 16.2. The Balaban J connectivity index is 1.69. The van der Waals surface area contributed by atoms with E-state index in [0.717, 1.165) is 36.7 Å². The van der Waals surface area contributed by atoms with Crippen LogP contribution in [0.3, 0.4) is 0 Å². The largest absolute Gasteiger partial charge is 0.367 e. The molecule has 0 spiro atoms. The van der Waals surface area contributed by atoms with E-state index >= 15 is 0 Å². The van der Waals surface area contributed by atoms with Crippen LogP contribution in [0, 0.1) is 0 Å². The molecule has 1 N–H and O–H groups in total. The number of anilines is 1. The number of piperazine rings is 1. The molecule has 8 nitrogen and oxygen atoms in total. The van der Waals surface area contributed by atoms with Crippen LogP contribution in [0.4, 0.5) is 10.5 Å². The molecule has 22 heavy (non-hydrogen) atoms. The highest BCUT2D eigenvalue weighted by molar-refractivity contribution is 5.74. The summed E-state index contributed by atoms with van der Waals surface area (Å²) in [5.41, 5.74) is 1.79. The Hall–Kier alpha value is -2.38. The number of nitrogens with zero attached hydrogens (tertiary/aromatic N) is 6. The van der Waals surface area contributed by atoms with Gasteiger partial charge in [-0.15, -0.1) is 10.2 Å². The van der Waals surface area contributed by atoms with Gasteiger partial charge >= 0.3 is 6.03 Å². The average molecular weight is 303 g/mol. The summed E-state index contributed by atoms with van der Waals surface area (Å²) in [5.74, 6) is 0.864. The summed E-state index contributed by atoms with van der Waals surface area (Å²) in [4.78, 5) is 15.9. The molecule has 8 heteroatoms. The molecule has 2 aromatic heterocycles. The number of urea groups is 1. The first-order valence-corrected chi connectivity index (χ1v) is 7.71. The molecule has 0 radical (unpaired) electrons. The predicted octanol–water partition coefficient (Wildman–Crippen LogP) is 0.538. The van der Waals surface area contributed by atoms with E-state index in [4.69, 9.17) is 0 Å². The van der Waals surface area contributed by atoms with E-state index in [-0.39, 0.29) is 6.03 Å². The van der Waals surface area contributed by atoms with E-state index in [1.165, 1.54) is 0 Å². The van der Waals surface area contributed by atoms with Crippen LogP contribution in [0.15, 0.2) is 12.3 Å². The Morgan fingerprint density at radius 2 is 2.00 bits per heavy atom. The van der Waals surface area contributed by atoms with Gasteiger partial charge in [0.05, 0.1) is 11.9 Å². The SMILES string of the molecule is CCNC(=O)N1CCN(c2cnn3c(CC)nnc3c2)CC1. The minimum atomic E-state index is 0.0146. The molecule has 2 amide bonds. The first-order valence-electron chi connectivity index (χ1n) is 7.71. The van der Waals surface area contributed by atoms with Gasteiger partial charge in [-0.25, -0.2) is 4.79 Å². The van der Waals surface area contributed by atoms with Crippen LogP contribution in [-0.4, -0.2) is 63.5 Å². The second kappa shape index (κ2) is 6.17. The summed E-state index contributed by atoms with van der Waals surface area (Å²) in [6.45, 7) is 7.64. The van der Waals surface area contributed by atoms with Gasteiger partial charge in [0, 0.05) is 45.2 Å². The van der Waals surface area contributed by atoms with Crippen molar-refractivity contribution in [2.75, 3.05) is 37.6 Å². The maximum atomic E-state index is 11.8. The van der Waals surface area contributed by atoms with Crippen LogP contribution in [0.1, 0.15) is 19.7 Å². The summed E-state index contributed by atoms with van der Waals surface area (Å²) in [6, 6.07) is 2.02. The number of carbonyl (C=O) groups is 1. The third-order valence-corrected chi connectivity index (χ3v) is 3.89. The number of fused-ring (bicyclic) bond motifs is 1. The monoisotopic (exact) mass is 303 g/mol. The van der Waals surface area contributed by atoms with Gasteiger partial charge in [-0.3, -0.25) is 0 Å². The minimum absolute atomic E-state index is 0.0146. The fraction of sp³-hybridized carbons (Fsp3) is 0.571. The molecule has 0 saturated carbocycles. The van der Waals surface area contributed by atoms with Crippen molar-refractivity contribution in [1.82, 2.24) is 30.0 Å². The van der Waals surface area contributed by atoms with Crippen LogP contribution < -0.4 is 10.2 Å². The summed E-state index contributed by atoms with van der Waals surface area (Å²) < 4.78 is 1.77. The molecule has 3 heterocycles. The molecule has 0 unspecified atom stereocenters. The van der Waals surface area contributed by atoms with Crippen LogP contribution in [-0.2, 0) is 6.42 Å². The third kappa shape index (κ3) is 2.68. The van der Waals surface area contributed by atoms with Gasteiger partial charge in [0.15, 0.2) is 11.5 Å². The van der Waals surface area contributed by atoms with Crippen molar-refractivity contribution < 1.29 is 4.79 Å². The number of aryl methyl sites for hydroxylation is 1. The summed E-state index contributed by atoms with van der Waals surface area (Å²) in [6.07, 6.45) is 2.65. The standard InChI is InChI=1S/C14H21N7O/c1-3-12-17-18-13-9-11(10-16-21(12)13)19-5-7-20(8-6-19)14(22)15-4-2/h9-10H,3-8H2,1-2H3,(H,15,22). The maximum Gasteiger partial charge on any atom is 0.317 e. The smallest absolute Gasteiger partial charge is 0.317 e. The van der Waals surface area contributed by atoms with Crippen molar-refractivity contribution in [3.05, 3.63) is 18.1 Å². The van der Waals surface area contributed by atoms with Crippen LogP contribution in [0.25, 0.3) is 5.65 Å². The summed E-state index contributed by atoms with van der Waals surface area (Å²) >= 11 is 0. The average Bonchev–Trinajstić information content (AvgIpc) is 2.97. The minimum Gasteiger partial charge on any atom is -0.367 e. The topological polar surface area (TPSA) is 78.7 Å². The van der Waals surface area contributed by atoms with E-state index in [2.05, 4.69) is 25.5 Å². The molecule has 1 aliphatic rings. The van der Waals surface area contributed by atoms with Gasteiger partial charge < -0.3 is 15.1 Å². The fourth-order valence-corrected chi connectivity index (χ4v) is 2.65. The van der Waals surface area contributed by atoms with Crippen molar-refractivity contribution in [1.29, 1.82) is 0 Å². The van der Waals surface area contributed by atoms with Crippen molar-refractivity contribution in [2.24, 2.45) is 0 Å². The lowest BCUT2D eigenvalue weighted by Gasteiger charge is -2.35. The zero-order valence-electron chi connectivity index (χ0n) is 13.0. The molecule has 2 aromatic rings. The lowest BCUT2D eigenvalue weighted by Crippen LogP contribution is -2.51. The molecule has 1 saturated heterocycles. The molecule has 1 aliphatic heterocycles. The quantitative estimate of drug-likeness (QED) is 0.895. The van der Waals surface area contributed by atoms with Crippen molar-refractivity contribution in [3.63, 3.8) is 0 Å². The van der Waals surface area contributed by atoms with E-state index in [0.29, 0.717) is 19.6 Å². The van der Waals surface area contributed by atoms with E-state index in [1.807, 2.05) is 31.0 Å². The zero-order valence-corrected chi connectivity index (χ0v) is 13.0. The third-order valence-electron chi connectivity index (χ3n) is 3.89. The molecule has 118 valence electrons. The summed E-state index contributed by atoms with van der Waals surface area (Å²) in [5, 5.41) is 15.6. The van der Waals surface area contributed by atoms with Gasteiger partial charge in [0.1, 0.15) is 0 Å². The highest BCUT2D eigenvalue weighted by Gasteiger charge is 2.21. The molecule has 0 bridgehead atoms. The Labute approximate surface area is 129 Å². The molecule has 0 aromatic carbocycles. The molecule has 3 rings (SSSR count). The molecular formula is C14H21N7O. The maximum absolute atomic E-state index is 11.8. The first kappa shape index (κ1) is 14.6. The summed E-state index contributed by atoms with van der Waals surface area (Å²) in [7, 11) is 0. The molecule has 1 fully saturated rings. The normalized spacial score (nSPS) is 15.4.